The maximum absolute atomic E-state index is 15.3. The molecule has 2 aromatic carbocycles. The number of hydrogen-bond acceptors (Lipinski definition) is 6. The number of halogens is 3. The third kappa shape index (κ3) is 3.97. The number of rotatable bonds is 5. The molecule has 0 aliphatic rings. The standard InChI is InChI=1S/C22H20F3N6P/c1-32(2)19-8-5-14(11-16(19)23)18-12-29-20(26)21(30-18)31(27)22(24,25)15-6-7-17-13(10-15)4-3-9-28-17/h3-12H,27H2,1-2H3,(H2,26,29). The van der Waals surface area contributed by atoms with Gasteiger partial charge in [-0.1, -0.05) is 26.1 Å². The largest absolute Gasteiger partial charge is 0.381 e. The molecular formula is C22H20F3N6P. The van der Waals surface area contributed by atoms with Crippen LogP contribution in [-0.2, 0) is 6.05 Å². The van der Waals surface area contributed by atoms with Crippen LogP contribution in [0, 0.1) is 5.82 Å². The second-order valence-corrected chi connectivity index (χ2v) is 9.62. The van der Waals surface area contributed by atoms with E-state index in [0.29, 0.717) is 21.8 Å². The number of benzene rings is 2. The van der Waals surface area contributed by atoms with Gasteiger partial charge in [-0.3, -0.25) is 4.98 Å². The first kappa shape index (κ1) is 21.9. The number of pyridine rings is 1. The highest BCUT2D eigenvalue weighted by atomic mass is 31.1. The SMILES string of the molecule is CP(C)c1ccc(-c2cnc(N)c(N(N)C(F)(F)c3ccc4ncccc4c3)n2)cc1F. The number of nitrogens with zero attached hydrogens (tertiary/aromatic N) is 4. The average Bonchev–Trinajstić information content (AvgIpc) is 2.78. The molecule has 0 amide bonds. The van der Waals surface area contributed by atoms with Crippen LogP contribution in [0.5, 0.6) is 0 Å². The maximum atomic E-state index is 15.3. The zero-order valence-electron chi connectivity index (χ0n) is 17.3. The lowest BCUT2D eigenvalue weighted by molar-refractivity contribution is -0.00881. The van der Waals surface area contributed by atoms with Gasteiger partial charge in [0.15, 0.2) is 11.6 Å². The summed E-state index contributed by atoms with van der Waals surface area (Å²) in [5.41, 5.74) is 6.58. The average molecular weight is 456 g/mol. The predicted molar refractivity (Wildman–Crippen MR) is 123 cm³/mol. The Kier molecular flexibility index (Phi) is 5.71. The Hall–Kier alpha value is -3.29. The first-order chi connectivity index (χ1) is 15.2. The quantitative estimate of drug-likeness (QED) is 0.202. The highest BCUT2D eigenvalue weighted by Gasteiger charge is 2.40. The third-order valence-electron chi connectivity index (χ3n) is 4.99. The molecule has 6 nitrogen and oxygen atoms in total. The number of alkyl halides is 2. The summed E-state index contributed by atoms with van der Waals surface area (Å²) in [4.78, 5) is 12.3. The molecule has 0 aliphatic heterocycles. The molecule has 0 saturated carbocycles. The Morgan fingerprint density at radius 3 is 2.53 bits per heavy atom. The van der Waals surface area contributed by atoms with Gasteiger partial charge in [-0.2, -0.15) is 8.78 Å². The molecule has 0 fully saturated rings. The van der Waals surface area contributed by atoms with E-state index in [1.165, 1.54) is 30.5 Å². The number of nitrogen functional groups attached to an aromatic ring is 1. The number of fused-ring (bicyclic) bond motifs is 1. The Morgan fingerprint density at radius 2 is 1.81 bits per heavy atom. The minimum atomic E-state index is -3.65. The summed E-state index contributed by atoms with van der Waals surface area (Å²) < 4.78 is 45.0. The van der Waals surface area contributed by atoms with Crippen molar-refractivity contribution in [3.63, 3.8) is 0 Å². The number of aromatic nitrogens is 3. The third-order valence-corrected chi connectivity index (χ3v) is 6.31. The van der Waals surface area contributed by atoms with Crippen molar-refractivity contribution >= 4 is 35.8 Å². The number of anilines is 2. The van der Waals surface area contributed by atoms with Crippen LogP contribution in [0.2, 0.25) is 0 Å². The van der Waals surface area contributed by atoms with Gasteiger partial charge in [0.1, 0.15) is 5.82 Å². The number of hydrogen-bond donors (Lipinski definition) is 2. The Balaban J connectivity index is 1.73. The summed E-state index contributed by atoms with van der Waals surface area (Å²) in [6.45, 7) is 3.87. The van der Waals surface area contributed by atoms with Crippen molar-refractivity contribution in [2.75, 3.05) is 24.1 Å². The van der Waals surface area contributed by atoms with E-state index >= 15 is 8.78 Å². The molecule has 0 aliphatic carbocycles. The molecule has 0 radical (unpaired) electrons. The molecule has 164 valence electrons. The van der Waals surface area contributed by atoms with Gasteiger partial charge in [0.25, 0.3) is 0 Å². The molecule has 2 heterocycles. The molecule has 10 heteroatoms. The fourth-order valence-electron chi connectivity index (χ4n) is 3.27. The van der Waals surface area contributed by atoms with Crippen LogP contribution in [0.25, 0.3) is 22.2 Å². The molecule has 4 N–H and O–H groups in total. The number of hydrazine groups is 1. The van der Waals surface area contributed by atoms with Crippen LogP contribution in [-0.4, -0.2) is 28.3 Å². The lowest BCUT2D eigenvalue weighted by Gasteiger charge is -2.28. The summed E-state index contributed by atoms with van der Waals surface area (Å²) >= 11 is 0. The summed E-state index contributed by atoms with van der Waals surface area (Å²) in [5, 5.41) is 1.32. The predicted octanol–water partition coefficient (Wildman–Crippen LogP) is 4.21. The summed E-state index contributed by atoms with van der Waals surface area (Å²) in [6, 6.07) is 8.33. The van der Waals surface area contributed by atoms with Gasteiger partial charge in [0.05, 0.1) is 17.4 Å². The normalized spacial score (nSPS) is 11.8. The van der Waals surface area contributed by atoms with Gasteiger partial charge in [0, 0.05) is 28.0 Å². The molecule has 0 bridgehead atoms. The topological polar surface area (TPSA) is 94.0 Å². The highest BCUT2D eigenvalue weighted by Crippen LogP contribution is 2.36. The van der Waals surface area contributed by atoms with Crippen LogP contribution in [0.1, 0.15) is 5.56 Å². The summed E-state index contributed by atoms with van der Waals surface area (Å²) in [7, 11) is -0.636. The van der Waals surface area contributed by atoms with Crippen molar-refractivity contribution in [1.29, 1.82) is 0 Å². The van der Waals surface area contributed by atoms with Crippen molar-refractivity contribution in [2.45, 2.75) is 6.05 Å². The van der Waals surface area contributed by atoms with Gasteiger partial charge in [0.2, 0.25) is 0 Å². The first-order valence-electron chi connectivity index (χ1n) is 9.56. The summed E-state index contributed by atoms with van der Waals surface area (Å²) in [6.07, 6.45) is 2.87. The lowest BCUT2D eigenvalue weighted by atomic mass is 10.1. The Bertz CT molecular complexity index is 1300. The van der Waals surface area contributed by atoms with Gasteiger partial charge in [-0.25, -0.2) is 25.2 Å². The fraction of sp³-hybridized carbons (Fsp3) is 0.136. The van der Waals surface area contributed by atoms with Crippen molar-refractivity contribution < 1.29 is 13.2 Å². The molecule has 0 spiro atoms. The highest BCUT2D eigenvalue weighted by molar-refractivity contribution is 7.64. The van der Waals surface area contributed by atoms with E-state index < -0.39 is 25.6 Å². The monoisotopic (exact) mass is 456 g/mol. The van der Waals surface area contributed by atoms with Gasteiger partial charge < -0.3 is 5.73 Å². The minimum Gasteiger partial charge on any atom is -0.381 e. The van der Waals surface area contributed by atoms with Crippen molar-refractivity contribution in [3.8, 4) is 11.3 Å². The summed E-state index contributed by atoms with van der Waals surface area (Å²) in [5.74, 6) is 4.72. The van der Waals surface area contributed by atoms with Crippen molar-refractivity contribution in [2.24, 2.45) is 5.84 Å². The fourth-order valence-corrected chi connectivity index (χ4v) is 4.13. The van der Waals surface area contributed by atoms with Gasteiger partial charge in [-0.15, -0.1) is 0 Å². The van der Waals surface area contributed by atoms with Crippen LogP contribution >= 0.6 is 7.92 Å². The smallest absolute Gasteiger partial charge is 0.366 e. The molecule has 0 unspecified atom stereocenters. The lowest BCUT2D eigenvalue weighted by Crippen LogP contribution is -2.46. The second kappa shape index (κ2) is 8.33. The second-order valence-electron chi connectivity index (χ2n) is 7.35. The zero-order valence-corrected chi connectivity index (χ0v) is 18.2. The van der Waals surface area contributed by atoms with Crippen molar-refractivity contribution in [1.82, 2.24) is 15.0 Å². The van der Waals surface area contributed by atoms with E-state index in [1.807, 2.05) is 13.3 Å². The van der Waals surface area contributed by atoms with Crippen LogP contribution < -0.4 is 21.9 Å². The van der Waals surface area contributed by atoms with Gasteiger partial charge >= 0.3 is 6.05 Å². The van der Waals surface area contributed by atoms with Gasteiger partial charge in [-0.05, 0) is 43.7 Å². The van der Waals surface area contributed by atoms with E-state index in [2.05, 4.69) is 15.0 Å². The molecule has 0 atom stereocenters. The molecule has 0 saturated heterocycles. The Labute approximate surface area is 183 Å². The molecule has 4 rings (SSSR count). The molecular weight excluding hydrogens is 436 g/mol. The van der Waals surface area contributed by atoms with Crippen LogP contribution in [0.4, 0.5) is 24.8 Å². The molecule has 4 aromatic rings. The molecule has 2 aromatic heterocycles. The van der Waals surface area contributed by atoms with Crippen LogP contribution in [0.3, 0.4) is 0 Å². The maximum Gasteiger partial charge on any atom is 0.366 e. The zero-order chi connectivity index (χ0) is 23.0. The number of nitrogens with two attached hydrogens (primary N) is 2. The van der Waals surface area contributed by atoms with Crippen molar-refractivity contribution in [3.05, 3.63) is 72.3 Å². The van der Waals surface area contributed by atoms with Crippen LogP contribution in [0.15, 0.2) is 60.9 Å². The van der Waals surface area contributed by atoms with E-state index in [-0.39, 0.29) is 22.1 Å². The van der Waals surface area contributed by atoms with E-state index in [1.54, 1.807) is 30.5 Å². The first-order valence-corrected chi connectivity index (χ1v) is 11.8. The van der Waals surface area contributed by atoms with E-state index in [0.717, 1.165) is 0 Å². The Morgan fingerprint density at radius 1 is 1.03 bits per heavy atom. The molecule has 32 heavy (non-hydrogen) atoms. The van der Waals surface area contributed by atoms with E-state index in [4.69, 9.17) is 11.6 Å². The minimum absolute atomic E-state index is 0.171. The van der Waals surface area contributed by atoms with E-state index in [9.17, 15) is 4.39 Å².